The summed E-state index contributed by atoms with van der Waals surface area (Å²) in [6.07, 6.45) is 0.0644. The fourth-order valence-electron chi connectivity index (χ4n) is 2.22. The van der Waals surface area contributed by atoms with Gasteiger partial charge in [0.15, 0.2) is 6.10 Å². The number of ether oxygens (including phenoxy) is 2. The van der Waals surface area contributed by atoms with Crippen LogP contribution in [0.3, 0.4) is 0 Å². The van der Waals surface area contributed by atoms with Crippen molar-refractivity contribution < 1.29 is 14.3 Å². The first kappa shape index (κ1) is 18.8. The van der Waals surface area contributed by atoms with Gasteiger partial charge < -0.3 is 14.8 Å². The summed E-state index contributed by atoms with van der Waals surface area (Å²) in [6.45, 7) is 8.83. The van der Waals surface area contributed by atoms with Crippen LogP contribution in [0.5, 0.6) is 11.5 Å². The fourth-order valence-corrected chi connectivity index (χ4v) is 2.22. The summed E-state index contributed by atoms with van der Waals surface area (Å²) < 4.78 is 11.5. The Hall–Kier alpha value is -2.49. The highest BCUT2D eigenvalue weighted by Gasteiger charge is 2.18. The number of rotatable bonds is 8. The van der Waals surface area contributed by atoms with Crippen molar-refractivity contribution in [2.24, 2.45) is 5.92 Å². The van der Waals surface area contributed by atoms with Gasteiger partial charge in [-0.15, -0.1) is 0 Å². The number of hydrogen-bond donors (Lipinski definition) is 1. The second-order valence-electron chi connectivity index (χ2n) is 6.55. The number of carbonyl (C=O) groups is 1. The van der Waals surface area contributed by atoms with Gasteiger partial charge in [-0.2, -0.15) is 0 Å². The fraction of sp³-hybridized carbons (Fsp3) is 0.381. The predicted octanol–water partition coefficient (Wildman–Crippen LogP) is 4.83. The minimum Gasteiger partial charge on any atom is -0.493 e. The van der Waals surface area contributed by atoms with Crippen molar-refractivity contribution in [1.29, 1.82) is 0 Å². The molecule has 0 aromatic heterocycles. The zero-order chi connectivity index (χ0) is 18.2. The van der Waals surface area contributed by atoms with Gasteiger partial charge in [-0.05, 0) is 55.7 Å². The average molecular weight is 341 g/mol. The van der Waals surface area contributed by atoms with Crippen molar-refractivity contribution in [3.05, 3.63) is 54.1 Å². The Labute approximate surface area is 150 Å². The van der Waals surface area contributed by atoms with E-state index in [2.05, 4.69) is 19.2 Å². The second-order valence-corrected chi connectivity index (χ2v) is 6.55. The van der Waals surface area contributed by atoms with E-state index in [-0.39, 0.29) is 5.91 Å². The van der Waals surface area contributed by atoms with Gasteiger partial charge in [0.25, 0.3) is 5.91 Å². The molecule has 0 spiro atoms. The first-order chi connectivity index (χ1) is 12.0. The Bertz CT molecular complexity index is 663. The molecule has 2 aromatic rings. The van der Waals surface area contributed by atoms with E-state index in [1.807, 2.05) is 62.4 Å². The van der Waals surface area contributed by atoms with Crippen LogP contribution >= 0.6 is 0 Å². The van der Waals surface area contributed by atoms with Crippen LogP contribution < -0.4 is 14.8 Å². The molecule has 1 amide bonds. The molecule has 0 heterocycles. The highest BCUT2D eigenvalue weighted by atomic mass is 16.5. The van der Waals surface area contributed by atoms with Crippen LogP contribution in [0.15, 0.2) is 48.5 Å². The van der Waals surface area contributed by atoms with Gasteiger partial charge in [0.2, 0.25) is 0 Å². The van der Waals surface area contributed by atoms with E-state index in [0.29, 0.717) is 24.7 Å². The van der Waals surface area contributed by atoms with Gasteiger partial charge in [0.05, 0.1) is 6.61 Å². The summed E-state index contributed by atoms with van der Waals surface area (Å²) in [4.78, 5) is 12.4. The third-order valence-electron chi connectivity index (χ3n) is 3.67. The van der Waals surface area contributed by atoms with Crippen LogP contribution in [0, 0.1) is 12.8 Å². The van der Waals surface area contributed by atoms with Crippen LogP contribution in [-0.2, 0) is 4.79 Å². The van der Waals surface area contributed by atoms with Crippen molar-refractivity contribution >= 4 is 11.6 Å². The number of benzene rings is 2. The minimum atomic E-state index is -0.528. The molecule has 0 fully saturated rings. The molecule has 2 aromatic carbocycles. The molecule has 134 valence electrons. The van der Waals surface area contributed by atoms with Crippen LogP contribution in [0.25, 0.3) is 0 Å². The Kier molecular flexibility index (Phi) is 6.87. The van der Waals surface area contributed by atoms with Crippen LogP contribution in [0.2, 0.25) is 0 Å². The topological polar surface area (TPSA) is 47.6 Å². The number of carbonyl (C=O) groups excluding carboxylic acids is 1. The third-order valence-corrected chi connectivity index (χ3v) is 3.67. The van der Waals surface area contributed by atoms with Crippen LogP contribution in [-0.4, -0.2) is 18.6 Å². The molecule has 4 nitrogen and oxygen atoms in total. The number of hydrogen-bond acceptors (Lipinski definition) is 3. The summed E-state index contributed by atoms with van der Waals surface area (Å²) in [5.41, 5.74) is 1.89. The number of nitrogens with one attached hydrogen (secondary N) is 1. The lowest BCUT2D eigenvalue weighted by Crippen LogP contribution is -2.32. The molecule has 1 N–H and O–H groups in total. The van der Waals surface area contributed by atoms with Crippen molar-refractivity contribution in [3.8, 4) is 11.5 Å². The van der Waals surface area contributed by atoms with Crippen molar-refractivity contribution in [3.63, 3.8) is 0 Å². The maximum absolute atomic E-state index is 12.4. The smallest absolute Gasteiger partial charge is 0.265 e. The SMILES string of the molecule is CC[C@H](Oc1ccc(C)cc1)C(=O)Nc1ccc(OCC(C)C)cc1. The second kappa shape index (κ2) is 9.11. The first-order valence-corrected chi connectivity index (χ1v) is 8.75. The van der Waals surface area contributed by atoms with E-state index in [4.69, 9.17) is 9.47 Å². The molecule has 0 radical (unpaired) electrons. The predicted molar refractivity (Wildman–Crippen MR) is 101 cm³/mol. The highest BCUT2D eigenvalue weighted by molar-refractivity contribution is 5.94. The van der Waals surface area contributed by atoms with Crippen LogP contribution in [0.1, 0.15) is 32.8 Å². The Morgan fingerprint density at radius 1 is 1.00 bits per heavy atom. The lowest BCUT2D eigenvalue weighted by molar-refractivity contribution is -0.122. The largest absolute Gasteiger partial charge is 0.493 e. The molecule has 4 heteroatoms. The first-order valence-electron chi connectivity index (χ1n) is 8.75. The van der Waals surface area contributed by atoms with Gasteiger partial charge in [-0.1, -0.05) is 38.5 Å². The quantitative estimate of drug-likeness (QED) is 0.748. The zero-order valence-corrected chi connectivity index (χ0v) is 15.4. The van der Waals surface area contributed by atoms with Gasteiger partial charge >= 0.3 is 0 Å². The monoisotopic (exact) mass is 341 g/mol. The van der Waals surface area contributed by atoms with Gasteiger partial charge in [-0.25, -0.2) is 0 Å². The van der Waals surface area contributed by atoms with Gasteiger partial charge in [-0.3, -0.25) is 4.79 Å². The number of amides is 1. The average Bonchev–Trinajstić information content (AvgIpc) is 2.60. The summed E-state index contributed by atoms with van der Waals surface area (Å²) in [7, 11) is 0. The van der Waals surface area contributed by atoms with E-state index in [9.17, 15) is 4.79 Å². The van der Waals surface area contributed by atoms with Crippen LogP contribution in [0.4, 0.5) is 5.69 Å². The molecule has 0 bridgehead atoms. The molecule has 0 saturated carbocycles. The molecule has 25 heavy (non-hydrogen) atoms. The Morgan fingerprint density at radius 3 is 2.16 bits per heavy atom. The standard InChI is InChI=1S/C21H27NO3/c1-5-20(25-19-10-6-16(4)7-11-19)21(23)22-17-8-12-18(13-9-17)24-14-15(2)3/h6-13,15,20H,5,14H2,1-4H3,(H,22,23)/t20-/m0/s1. The summed E-state index contributed by atoms with van der Waals surface area (Å²) in [5.74, 6) is 1.82. The van der Waals surface area contributed by atoms with Crippen molar-refractivity contribution in [2.45, 2.75) is 40.2 Å². The molecule has 0 aliphatic heterocycles. The third kappa shape index (κ3) is 6.14. The Morgan fingerprint density at radius 2 is 1.60 bits per heavy atom. The summed E-state index contributed by atoms with van der Waals surface area (Å²) in [5, 5.41) is 2.90. The molecular formula is C21H27NO3. The lowest BCUT2D eigenvalue weighted by Gasteiger charge is -2.17. The summed E-state index contributed by atoms with van der Waals surface area (Å²) in [6, 6.07) is 15.1. The molecule has 2 rings (SSSR count). The van der Waals surface area contributed by atoms with Crippen molar-refractivity contribution in [1.82, 2.24) is 0 Å². The summed E-state index contributed by atoms with van der Waals surface area (Å²) >= 11 is 0. The maximum atomic E-state index is 12.4. The lowest BCUT2D eigenvalue weighted by atomic mass is 10.2. The molecular weight excluding hydrogens is 314 g/mol. The number of anilines is 1. The normalized spacial score (nSPS) is 11.9. The maximum Gasteiger partial charge on any atom is 0.265 e. The number of aryl methyl sites for hydroxylation is 1. The zero-order valence-electron chi connectivity index (χ0n) is 15.4. The van der Waals surface area contributed by atoms with E-state index >= 15 is 0 Å². The van der Waals surface area contributed by atoms with E-state index in [1.165, 1.54) is 0 Å². The van der Waals surface area contributed by atoms with Gasteiger partial charge in [0.1, 0.15) is 11.5 Å². The van der Waals surface area contributed by atoms with E-state index in [0.717, 1.165) is 17.0 Å². The minimum absolute atomic E-state index is 0.154. The molecule has 0 aliphatic carbocycles. The highest BCUT2D eigenvalue weighted by Crippen LogP contribution is 2.19. The Balaban J connectivity index is 1.93. The molecule has 1 atom stereocenters. The molecule has 0 unspecified atom stereocenters. The van der Waals surface area contributed by atoms with E-state index in [1.54, 1.807) is 0 Å². The van der Waals surface area contributed by atoms with Crippen molar-refractivity contribution in [2.75, 3.05) is 11.9 Å². The van der Waals surface area contributed by atoms with E-state index < -0.39 is 6.10 Å². The van der Waals surface area contributed by atoms with Gasteiger partial charge in [0, 0.05) is 5.69 Å². The molecule has 0 saturated heterocycles. The molecule has 0 aliphatic rings.